The maximum Gasteiger partial charge on any atom is 0.166 e. The third-order valence-corrected chi connectivity index (χ3v) is 3.85. The first-order valence-corrected chi connectivity index (χ1v) is 7.19. The topological polar surface area (TPSA) is 32.3 Å². The molecule has 4 heteroatoms. The van der Waals surface area contributed by atoms with Crippen molar-refractivity contribution in [2.45, 2.75) is 6.92 Å². The second-order valence-electron chi connectivity index (χ2n) is 4.82. The Hall–Kier alpha value is -0.710. The first-order valence-electron chi connectivity index (χ1n) is 6.39. The van der Waals surface area contributed by atoms with E-state index in [0.717, 1.165) is 42.8 Å². The average Bonchev–Trinajstić information content (AvgIpc) is 2.40. The van der Waals surface area contributed by atoms with Gasteiger partial charge in [0, 0.05) is 48.7 Å². The van der Waals surface area contributed by atoms with Crippen LogP contribution in [0.1, 0.15) is 17.3 Å². The highest BCUT2D eigenvalue weighted by molar-refractivity contribution is 9.10. The van der Waals surface area contributed by atoms with Crippen molar-refractivity contribution in [1.82, 2.24) is 10.2 Å². The minimum atomic E-state index is 0.0595. The van der Waals surface area contributed by atoms with E-state index in [1.54, 1.807) is 0 Å². The Bertz CT molecular complexity index is 399. The Kier molecular flexibility index (Phi) is 4.92. The van der Waals surface area contributed by atoms with Gasteiger partial charge in [0.05, 0.1) is 0 Å². The normalized spacial score (nSPS) is 18.6. The molecular formula is C14H19BrN2O. The van der Waals surface area contributed by atoms with Gasteiger partial charge in [-0.1, -0.05) is 35.0 Å². The number of benzene rings is 1. The third kappa shape index (κ3) is 3.64. The van der Waals surface area contributed by atoms with Crippen LogP contribution in [0.15, 0.2) is 28.7 Å². The van der Waals surface area contributed by atoms with Crippen LogP contribution in [0.2, 0.25) is 0 Å². The zero-order valence-corrected chi connectivity index (χ0v) is 12.2. The van der Waals surface area contributed by atoms with E-state index in [-0.39, 0.29) is 11.7 Å². The van der Waals surface area contributed by atoms with Crippen molar-refractivity contribution in [2.24, 2.45) is 5.92 Å². The van der Waals surface area contributed by atoms with Gasteiger partial charge in [-0.15, -0.1) is 0 Å². The largest absolute Gasteiger partial charge is 0.314 e. The highest BCUT2D eigenvalue weighted by Gasteiger charge is 2.19. The predicted molar refractivity (Wildman–Crippen MR) is 76.9 cm³/mol. The molecule has 0 aliphatic carbocycles. The number of rotatable bonds is 4. The van der Waals surface area contributed by atoms with Crippen molar-refractivity contribution in [3.8, 4) is 0 Å². The number of hydrogen-bond donors (Lipinski definition) is 1. The second kappa shape index (κ2) is 6.45. The summed E-state index contributed by atoms with van der Waals surface area (Å²) in [4.78, 5) is 14.6. The standard InChI is InChI=1S/C14H19BrN2O/c1-11(10-17-8-6-16-7-9-17)14(18)12-2-4-13(15)5-3-12/h2-5,11,16H,6-10H2,1H3. The molecule has 0 amide bonds. The van der Waals surface area contributed by atoms with E-state index < -0.39 is 0 Å². The van der Waals surface area contributed by atoms with E-state index in [1.807, 2.05) is 31.2 Å². The van der Waals surface area contributed by atoms with E-state index >= 15 is 0 Å². The van der Waals surface area contributed by atoms with Crippen LogP contribution in [0, 0.1) is 5.92 Å². The van der Waals surface area contributed by atoms with Crippen LogP contribution in [0.3, 0.4) is 0 Å². The molecule has 0 saturated carbocycles. The molecule has 1 aromatic carbocycles. The Morgan fingerprint density at radius 1 is 1.33 bits per heavy atom. The van der Waals surface area contributed by atoms with Crippen LogP contribution >= 0.6 is 15.9 Å². The zero-order chi connectivity index (χ0) is 13.0. The minimum absolute atomic E-state index is 0.0595. The lowest BCUT2D eigenvalue weighted by molar-refractivity contribution is 0.0887. The molecular weight excluding hydrogens is 292 g/mol. The monoisotopic (exact) mass is 310 g/mol. The van der Waals surface area contributed by atoms with E-state index in [1.165, 1.54) is 0 Å². The van der Waals surface area contributed by atoms with Crippen molar-refractivity contribution in [3.05, 3.63) is 34.3 Å². The summed E-state index contributed by atoms with van der Waals surface area (Å²) in [6.45, 7) is 7.01. The van der Waals surface area contributed by atoms with Crippen LogP contribution in [0.25, 0.3) is 0 Å². The molecule has 0 bridgehead atoms. The minimum Gasteiger partial charge on any atom is -0.314 e. The summed E-state index contributed by atoms with van der Waals surface area (Å²) in [5.41, 5.74) is 0.806. The van der Waals surface area contributed by atoms with Gasteiger partial charge in [0.2, 0.25) is 0 Å². The molecule has 1 saturated heterocycles. The van der Waals surface area contributed by atoms with Crippen LogP contribution < -0.4 is 5.32 Å². The molecule has 3 nitrogen and oxygen atoms in total. The maximum atomic E-state index is 12.3. The Labute approximate surface area is 117 Å². The number of ketones is 1. The molecule has 1 aliphatic heterocycles. The van der Waals surface area contributed by atoms with Crippen LogP contribution in [0.4, 0.5) is 0 Å². The summed E-state index contributed by atoms with van der Waals surface area (Å²) in [5, 5.41) is 3.32. The van der Waals surface area contributed by atoms with Crippen LogP contribution in [-0.4, -0.2) is 43.4 Å². The molecule has 1 fully saturated rings. The van der Waals surface area contributed by atoms with Gasteiger partial charge in [0.1, 0.15) is 0 Å². The van der Waals surface area contributed by atoms with Crippen molar-refractivity contribution in [3.63, 3.8) is 0 Å². The number of halogens is 1. The number of piperazine rings is 1. The first-order chi connectivity index (χ1) is 8.66. The lowest BCUT2D eigenvalue weighted by Gasteiger charge is -2.29. The molecule has 1 atom stereocenters. The number of Topliss-reactive ketones (excluding diaryl/α,β-unsaturated/α-hetero) is 1. The molecule has 18 heavy (non-hydrogen) atoms. The number of hydrogen-bond acceptors (Lipinski definition) is 3. The van der Waals surface area contributed by atoms with Gasteiger partial charge >= 0.3 is 0 Å². The fourth-order valence-corrected chi connectivity index (χ4v) is 2.53. The number of carbonyl (C=O) groups excluding carboxylic acids is 1. The molecule has 1 unspecified atom stereocenters. The molecule has 98 valence electrons. The summed E-state index contributed by atoms with van der Waals surface area (Å²) in [5.74, 6) is 0.297. The summed E-state index contributed by atoms with van der Waals surface area (Å²) in [6.07, 6.45) is 0. The highest BCUT2D eigenvalue weighted by Crippen LogP contribution is 2.15. The van der Waals surface area contributed by atoms with Gasteiger partial charge in [-0.05, 0) is 12.1 Å². The quantitative estimate of drug-likeness (QED) is 0.865. The van der Waals surface area contributed by atoms with Crippen LogP contribution in [0.5, 0.6) is 0 Å². The molecule has 2 rings (SSSR count). The average molecular weight is 311 g/mol. The SMILES string of the molecule is CC(CN1CCNCC1)C(=O)c1ccc(Br)cc1. The first kappa shape index (κ1) is 13.7. The summed E-state index contributed by atoms with van der Waals surface area (Å²) in [7, 11) is 0. The molecule has 0 radical (unpaired) electrons. The van der Waals surface area contributed by atoms with Gasteiger partial charge in [0.25, 0.3) is 0 Å². The van der Waals surface area contributed by atoms with Gasteiger partial charge in [-0.3, -0.25) is 4.79 Å². The lowest BCUT2D eigenvalue weighted by Crippen LogP contribution is -2.45. The number of nitrogens with one attached hydrogen (secondary N) is 1. The smallest absolute Gasteiger partial charge is 0.166 e. The number of nitrogens with zero attached hydrogens (tertiary/aromatic N) is 1. The van der Waals surface area contributed by atoms with E-state index in [4.69, 9.17) is 0 Å². The zero-order valence-electron chi connectivity index (χ0n) is 10.7. The Morgan fingerprint density at radius 3 is 2.56 bits per heavy atom. The summed E-state index contributed by atoms with van der Waals surface area (Å²) < 4.78 is 1.01. The third-order valence-electron chi connectivity index (χ3n) is 3.32. The maximum absolute atomic E-state index is 12.3. The second-order valence-corrected chi connectivity index (χ2v) is 5.74. The van der Waals surface area contributed by atoms with Crippen molar-refractivity contribution < 1.29 is 4.79 Å². The molecule has 1 heterocycles. The van der Waals surface area contributed by atoms with Gasteiger partial charge in [-0.2, -0.15) is 0 Å². The predicted octanol–water partition coefficient (Wildman–Crippen LogP) is 2.17. The molecule has 1 aromatic rings. The van der Waals surface area contributed by atoms with Crippen molar-refractivity contribution in [1.29, 1.82) is 0 Å². The molecule has 1 aliphatic rings. The van der Waals surface area contributed by atoms with Gasteiger partial charge in [-0.25, -0.2) is 0 Å². The molecule has 1 N–H and O–H groups in total. The molecule has 0 aromatic heterocycles. The Balaban J connectivity index is 1.93. The lowest BCUT2D eigenvalue weighted by atomic mass is 9.98. The summed E-state index contributed by atoms with van der Waals surface area (Å²) in [6, 6.07) is 7.62. The molecule has 0 spiro atoms. The highest BCUT2D eigenvalue weighted by atomic mass is 79.9. The van der Waals surface area contributed by atoms with E-state index in [2.05, 4.69) is 26.1 Å². The van der Waals surface area contributed by atoms with Crippen molar-refractivity contribution in [2.75, 3.05) is 32.7 Å². The fraction of sp³-hybridized carbons (Fsp3) is 0.500. The van der Waals surface area contributed by atoms with E-state index in [0.29, 0.717) is 0 Å². The van der Waals surface area contributed by atoms with Crippen molar-refractivity contribution >= 4 is 21.7 Å². The fourth-order valence-electron chi connectivity index (χ4n) is 2.26. The van der Waals surface area contributed by atoms with Gasteiger partial charge < -0.3 is 10.2 Å². The van der Waals surface area contributed by atoms with E-state index in [9.17, 15) is 4.79 Å². The summed E-state index contributed by atoms with van der Waals surface area (Å²) >= 11 is 3.38. The Morgan fingerprint density at radius 2 is 1.94 bits per heavy atom. The van der Waals surface area contributed by atoms with Gasteiger partial charge in [0.15, 0.2) is 5.78 Å². The van der Waals surface area contributed by atoms with Crippen LogP contribution in [-0.2, 0) is 0 Å². The number of carbonyl (C=O) groups is 1.